The van der Waals surface area contributed by atoms with Gasteiger partial charge in [0.25, 0.3) is 0 Å². The molecule has 1 aliphatic carbocycles. The molecule has 2 N–H and O–H groups in total. The van der Waals surface area contributed by atoms with Gasteiger partial charge < -0.3 is 20.3 Å². The molecule has 1 spiro atoms. The van der Waals surface area contributed by atoms with Crippen LogP contribution in [0.3, 0.4) is 0 Å². The number of hydrogen-bond donors (Lipinski definition) is 1. The van der Waals surface area contributed by atoms with E-state index in [0.29, 0.717) is 5.91 Å². The van der Waals surface area contributed by atoms with Crippen molar-refractivity contribution in [3.8, 4) is 5.75 Å². The molecule has 34 heavy (non-hydrogen) atoms. The summed E-state index contributed by atoms with van der Waals surface area (Å²) < 4.78 is 5.22. The van der Waals surface area contributed by atoms with Gasteiger partial charge in [-0.25, -0.2) is 0 Å². The first kappa shape index (κ1) is 24.7. The first-order valence-electron chi connectivity index (χ1n) is 12.5. The molecular formula is C27H37N3O3S. The molecule has 2 aromatic rings. The van der Waals surface area contributed by atoms with Crippen molar-refractivity contribution in [2.45, 2.75) is 51.5 Å². The van der Waals surface area contributed by atoms with Crippen molar-refractivity contribution in [1.29, 1.82) is 0 Å². The van der Waals surface area contributed by atoms with Crippen LogP contribution in [0.1, 0.15) is 49.0 Å². The lowest BCUT2D eigenvalue weighted by molar-refractivity contribution is -0.138. The van der Waals surface area contributed by atoms with Crippen molar-refractivity contribution < 1.29 is 14.3 Å². The van der Waals surface area contributed by atoms with Gasteiger partial charge in [0.1, 0.15) is 5.75 Å². The molecule has 3 aliphatic rings. The van der Waals surface area contributed by atoms with Crippen LogP contribution in [0, 0.1) is 11.3 Å². The Labute approximate surface area is 207 Å². The molecule has 0 radical (unpaired) electrons. The van der Waals surface area contributed by atoms with E-state index in [2.05, 4.69) is 39.4 Å². The number of nitrogens with two attached hydrogens (primary N) is 1. The van der Waals surface area contributed by atoms with Crippen LogP contribution in [0.4, 0.5) is 0 Å². The van der Waals surface area contributed by atoms with Gasteiger partial charge in [-0.3, -0.25) is 9.59 Å². The summed E-state index contributed by atoms with van der Waals surface area (Å²) in [7, 11) is 1.68. The third kappa shape index (κ3) is 6.39. The van der Waals surface area contributed by atoms with Gasteiger partial charge in [0.05, 0.1) is 12.5 Å². The Hall–Kier alpha value is -2.38. The standard InChI is InChI=1S/C23H30N2O2S.C4H7NO/c1-27-20-8-6-19(7-9-20)18-25-16-12-23(22(25)26)10-14-24(15-11-23)13-2-4-21-5-3-17-28-21;5-4(6)3-1-2-3/h3,5-9,17H,2,4,10-16,18H2,1H3;3H,1-2H2,(H2,5,6). The highest BCUT2D eigenvalue weighted by Gasteiger charge is 2.47. The lowest BCUT2D eigenvalue weighted by Gasteiger charge is -2.38. The van der Waals surface area contributed by atoms with Crippen LogP contribution in [0.2, 0.25) is 0 Å². The average molecular weight is 484 g/mol. The summed E-state index contributed by atoms with van der Waals surface area (Å²) in [6.45, 7) is 4.88. The summed E-state index contributed by atoms with van der Waals surface area (Å²) in [6, 6.07) is 12.4. The second-order valence-electron chi connectivity index (χ2n) is 9.81. The summed E-state index contributed by atoms with van der Waals surface area (Å²) in [4.78, 5) is 29.3. The van der Waals surface area contributed by atoms with Crippen molar-refractivity contribution >= 4 is 23.2 Å². The molecule has 7 heteroatoms. The van der Waals surface area contributed by atoms with Gasteiger partial charge in [-0.15, -0.1) is 11.3 Å². The maximum Gasteiger partial charge on any atom is 0.229 e. The number of methoxy groups -OCH3 is 1. The zero-order valence-electron chi connectivity index (χ0n) is 20.2. The number of hydrogen-bond acceptors (Lipinski definition) is 5. The number of carbonyl (C=O) groups excluding carboxylic acids is 2. The number of piperidine rings is 1. The summed E-state index contributed by atoms with van der Waals surface area (Å²) >= 11 is 1.85. The molecule has 1 saturated carbocycles. The Kier molecular flexibility index (Phi) is 8.27. The molecule has 3 heterocycles. The van der Waals surface area contributed by atoms with Crippen LogP contribution < -0.4 is 10.5 Å². The van der Waals surface area contributed by atoms with Crippen LogP contribution in [0.25, 0.3) is 0 Å². The highest BCUT2D eigenvalue weighted by molar-refractivity contribution is 7.09. The summed E-state index contributed by atoms with van der Waals surface area (Å²) in [5.41, 5.74) is 5.94. The van der Waals surface area contributed by atoms with Crippen LogP contribution in [-0.4, -0.2) is 54.9 Å². The van der Waals surface area contributed by atoms with Crippen LogP contribution in [-0.2, 0) is 22.6 Å². The molecule has 1 aromatic heterocycles. The molecule has 5 rings (SSSR count). The molecule has 2 aliphatic heterocycles. The van der Waals surface area contributed by atoms with Crippen molar-refractivity contribution in [3.05, 3.63) is 52.2 Å². The van der Waals surface area contributed by atoms with E-state index in [1.54, 1.807) is 7.11 Å². The number of likely N-dealkylation sites (tertiary alicyclic amines) is 2. The van der Waals surface area contributed by atoms with Gasteiger partial charge in [0.15, 0.2) is 0 Å². The highest BCUT2D eigenvalue weighted by atomic mass is 32.1. The minimum absolute atomic E-state index is 0.100. The topological polar surface area (TPSA) is 75.9 Å². The predicted octanol–water partition coefficient (Wildman–Crippen LogP) is 4.09. The molecule has 0 unspecified atom stereocenters. The molecule has 6 nitrogen and oxygen atoms in total. The zero-order chi connectivity index (χ0) is 24.0. The third-order valence-corrected chi connectivity index (χ3v) is 8.34. The van der Waals surface area contributed by atoms with Gasteiger partial charge in [-0.2, -0.15) is 0 Å². The van der Waals surface area contributed by atoms with E-state index in [0.717, 1.165) is 70.6 Å². The maximum atomic E-state index is 13.2. The van der Waals surface area contributed by atoms with E-state index in [4.69, 9.17) is 10.5 Å². The minimum Gasteiger partial charge on any atom is -0.497 e. The van der Waals surface area contributed by atoms with E-state index in [1.807, 2.05) is 23.5 Å². The fourth-order valence-corrected chi connectivity index (χ4v) is 5.71. The summed E-state index contributed by atoms with van der Waals surface area (Å²) in [5, 5.41) is 2.16. The normalized spacial score (nSPS) is 19.7. The molecule has 2 saturated heterocycles. The molecule has 1 aromatic carbocycles. The van der Waals surface area contributed by atoms with Crippen molar-refractivity contribution in [1.82, 2.24) is 9.80 Å². The average Bonchev–Trinajstić information content (AvgIpc) is 3.52. The lowest BCUT2D eigenvalue weighted by Crippen LogP contribution is -2.44. The van der Waals surface area contributed by atoms with Gasteiger partial charge in [-0.05, 0) is 93.7 Å². The molecule has 2 amide bonds. The zero-order valence-corrected chi connectivity index (χ0v) is 21.0. The molecule has 0 bridgehead atoms. The highest BCUT2D eigenvalue weighted by Crippen LogP contribution is 2.42. The van der Waals surface area contributed by atoms with E-state index in [-0.39, 0.29) is 17.2 Å². The van der Waals surface area contributed by atoms with Crippen molar-refractivity contribution in [2.75, 3.05) is 33.3 Å². The third-order valence-electron chi connectivity index (χ3n) is 7.40. The molecular weight excluding hydrogens is 446 g/mol. The van der Waals surface area contributed by atoms with E-state index < -0.39 is 0 Å². The Morgan fingerprint density at radius 2 is 1.82 bits per heavy atom. The maximum absolute atomic E-state index is 13.2. The first-order valence-corrected chi connectivity index (χ1v) is 13.3. The predicted molar refractivity (Wildman–Crippen MR) is 136 cm³/mol. The van der Waals surface area contributed by atoms with Gasteiger partial charge in [-0.1, -0.05) is 18.2 Å². The lowest BCUT2D eigenvalue weighted by atomic mass is 9.77. The Balaban J connectivity index is 0.000000398. The van der Waals surface area contributed by atoms with E-state index >= 15 is 0 Å². The number of ether oxygens (including phenoxy) is 1. The largest absolute Gasteiger partial charge is 0.497 e. The summed E-state index contributed by atoms with van der Waals surface area (Å²) in [5.74, 6) is 1.35. The molecule has 184 valence electrons. The quantitative estimate of drug-likeness (QED) is 0.614. The number of rotatable bonds is 8. The van der Waals surface area contributed by atoms with Gasteiger partial charge in [0.2, 0.25) is 11.8 Å². The molecule has 3 fully saturated rings. The number of thiophene rings is 1. The Morgan fingerprint density at radius 1 is 1.12 bits per heavy atom. The van der Waals surface area contributed by atoms with E-state index in [1.165, 1.54) is 23.3 Å². The van der Waals surface area contributed by atoms with Crippen molar-refractivity contribution in [3.63, 3.8) is 0 Å². The molecule has 0 atom stereocenters. The monoisotopic (exact) mass is 483 g/mol. The number of nitrogens with zero attached hydrogens (tertiary/aromatic N) is 2. The first-order chi connectivity index (χ1) is 16.5. The van der Waals surface area contributed by atoms with Crippen LogP contribution in [0.15, 0.2) is 41.8 Å². The van der Waals surface area contributed by atoms with Crippen LogP contribution in [0.5, 0.6) is 5.75 Å². The SMILES string of the molecule is COc1ccc(CN2CCC3(CCN(CCCc4cccs4)CC3)C2=O)cc1.NC(=O)C1CC1. The van der Waals surface area contributed by atoms with Gasteiger partial charge >= 0.3 is 0 Å². The smallest absolute Gasteiger partial charge is 0.229 e. The van der Waals surface area contributed by atoms with E-state index in [9.17, 15) is 9.59 Å². The fraction of sp³-hybridized carbons (Fsp3) is 0.556. The fourth-order valence-electron chi connectivity index (χ4n) is 4.96. The minimum atomic E-state index is -0.130. The number of amides is 2. The number of carbonyl (C=O) groups is 2. The van der Waals surface area contributed by atoms with Crippen LogP contribution >= 0.6 is 11.3 Å². The second-order valence-corrected chi connectivity index (χ2v) is 10.8. The second kappa shape index (κ2) is 11.4. The van der Waals surface area contributed by atoms with Crippen molar-refractivity contribution in [2.24, 2.45) is 17.1 Å². The summed E-state index contributed by atoms with van der Waals surface area (Å²) in [6.07, 6.45) is 7.49. The Morgan fingerprint density at radius 3 is 2.38 bits per heavy atom. The Bertz CT molecular complexity index is 933. The van der Waals surface area contributed by atoms with Gasteiger partial charge in [0, 0.05) is 23.9 Å². The number of benzene rings is 1. The number of primary amides is 1. The number of aryl methyl sites for hydroxylation is 1.